The number of ether oxygens (including phenoxy) is 2. The highest BCUT2D eigenvalue weighted by molar-refractivity contribution is 5.91. The van der Waals surface area contributed by atoms with Gasteiger partial charge in [0.25, 0.3) is 0 Å². The Balaban J connectivity index is 1.59. The summed E-state index contributed by atoms with van der Waals surface area (Å²) in [6.07, 6.45) is 5.03. The molecule has 0 spiro atoms. The Kier molecular flexibility index (Phi) is 5.71. The molecule has 0 unspecified atom stereocenters. The maximum absolute atomic E-state index is 12.2. The molecule has 1 aliphatic carbocycles. The molecule has 1 saturated carbocycles. The summed E-state index contributed by atoms with van der Waals surface area (Å²) in [5.74, 6) is 1.56. The van der Waals surface area contributed by atoms with Gasteiger partial charge < -0.3 is 9.47 Å². The van der Waals surface area contributed by atoms with Crippen LogP contribution in [0.3, 0.4) is 0 Å². The van der Waals surface area contributed by atoms with E-state index in [0.717, 1.165) is 5.92 Å². The lowest BCUT2D eigenvalue weighted by molar-refractivity contribution is -0.131. The van der Waals surface area contributed by atoms with Gasteiger partial charge in [0, 0.05) is 6.92 Å². The van der Waals surface area contributed by atoms with Crippen LogP contribution in [0.15, 0.2) is 48.5 Å². The lowest BCUT2D eigenvalue weighted by Gasteiger charge is -2.26. The van der Waals surface area contributed by atoms with Crippen molar-refractivity contribution < 1.29 is 19.1 Å². The first-order valence-corrected chi connectivity index (χ1v) is 9.12. The van der Waals surface area contributed by atoms with Crippen molar-refractivity contribution in [1.82, 2.24) is 0 Å². The van der Waals surface area contributed by atoms with Gasteiger partial charge in [0.05, 0.1) is 5.56 Å². The summed E-state index contributed by atoms with van der Waals surface area (Å²) in [7, 11) is 0. The molecule has 4 heteroatoms. The SMILES string of the molecule is CC(=O)Oc1ccc(C(=O)Oc2ccc(C3CCC(C)CC3)cc2)cc1. The molecule has 0 bridgehead atoms. The van der Waals surface area contributed by atoms with Crippen molar-refractivity contribution in [3.63, 3.8) is 0 Å². The highest BCUT2D eigenvalue weighted by Gasteiger charge is 2.19. The van der Waals surface area contributed by atoms with Gasteiger partial charge in [-0.15, -0.1) is 0 Å². The fourth-order valence-corrected chi connectivity index (χ4v) is 3.39. The molecule has 0 heterocycles. The highest BCUT2D eigenvalue weighted by Crippen LogP contribution is 2.36. The van der Waals surface area contributed by atoms with Gasteiger partial charge in [-0.05, 0) is 66.6 Å². The summed E-state index contributed by atoms with van der Waals surface area (Å²) in [5, 5.41) is 0. The normalized spacial score (nSPS) is 19.6. The van der Waals surface area contributed by atoms with E-state index in [1.54, 1.807) is 24.3 Å². The van der Waals surface area contributed by atoms with Gasteiger partial charge in [-0.25, -0.2) is 4.79 Å². The number of carbonyl (C=O) groups is 2. The van der Waals surface area contributed by atoms with Crippen LogP contribution in [0.1, 0.15) is 61.4 Å². The molecule has 3 rings (SSSR count). The van der Waals surface area contributed by atoms with Crippen molar-refractivity contribution in [3.8, 4) is 11.5 Å². The minimum atomic E-state index is -0.432. The maximum Gasteiger partial charge on any atom is 0.343 e. The van der Waals surface area contributed by atoms with Gasteiger partial charge in [0.15, 0.2) is 0 Å². The van der Waals surface area contributed by atoms with Crippen LogP contribution in [-0.4, -0.2) is 11.9 Å². The topological polar surface area (TPSA) is 52.6 Å². The van der Waals surface area contributed by atoms with E-state index in [1.165, 1.54) is 38.2 Å². The van der Waals surface area contributed by atoms with Crippen LogP contribution in [0.25, 0.3) is 0 Å². The lowest BCUT2D eigenvalue weighted by atomic mass is 9.79. The first kappa shape index (κ1) is 18.2. The molecule has 4 nitrogen and oxygen atoms in total. The second kappa shape index (κ2) is 8.17. The smallest absolute Gasteiger partial charge is 0.343 e. The van der Waals surface area contributed by atoms with Crippen molar-refractivity contribution in [3.05, 3.63) is 59.7 Å². The maximum atomic E-state index is 12.2. The Morgan fingerprint density at radius 2 is 1.35 bits per heavy atom. The molecular weight excluding hydrogens is 328 g/mol. The number of rotatable bonds is 4. The molecule has 0 saturated heterocycles. The fraction of sp³-hybridized carbons (Fsp3) is 0.364. The third kappa shape index (κ3) is 4.72. The van der Waals surface area contributed by atoms with Gasteiger partial charge in [-0.1, -0.05) is 31.9 Å². The van der Waals surface area contributed by atoms with Crippen LogP contribution >= 0.6 is 0 Å². The average molecular weight is 352 g/mol. The lowest BCUT2D eigenvalue weighted by Crippen LogP contribution is -2.11. The average Bonchev–Trinajstić information content (AvgIpc) is 2.63. The van der Waals surface area contributed by atoms with E-state index in [4.69, 9.17) is 9.47 Å². The molecule has 2 aromatic rings. The third-order valence-electron chi connectivity index (χ3n) is 4.93. The fourth-order valence-electron chi connectivity index (χ4n) is 3.39. The molecule has 26 heavy (non-hydrogen) atoms. The zero-order valence-electron chi connectivity index (χ0n) is 15.2. The van der Waals surface area contributed by atoms with Crippen LogP contribution in [0.2, 0.25) is 0 Å². The highest BCUT2D eigenvalue weighted by atomic mass is 16.5. The largest absolute Gasteiger partial charge is 0.427 e. The van der Waals surface area contributed by atoms with E-state index >= 15 is 0 Å². The van der Waals surface area contributed by atoms with Crippen molar-refractivity contribution in [2.24, 2.45) is 5.92 Å². The van der Waals surface area contributed by atoms with Gasteiger partial charge in [0.1, 0.15) is 11.5 Å². The number of carbonyl (C=O) groups excluding carboxylic acids is 2. The van der Waals surface area contributed by atoms with E-state index in [-0.39, 0.29) is 0 Å². The Labute approximate surface area is 154 Å². The zero-order chi connectivity index (χ0) is 18.5. The second-order valence-electron chi connectivity index (χ2n) is 7.03. The molecular formula is C22H24O4. The number of esters is 2. The van der Waals surface area contributed by atoms with Crippen LogP contribution in [0.5, 0.6) is 11.5 Å². The number of hydrogen-bond acceptors (Lipinski definition) is 4. The molecule has 0 N–H and O–H groups in total. The van der Waals surface area contributed by atoms with E-state index < -0.39 is 11.9 Å². The predicted molar refractivity (Wildman–Crippen MR) is 99.5 cm³/mol. The number of benzene rings is 2. The van der Waals surface area contributed by atoms with Crippen molar-refractivity contribution >= 4 is 11.9 Å². The van der Waals surface area contributed by atoms with E-state index in [0.29, 0.717) is 23.0 Å². The molecule has 1 aliphatic rings. The van der Waals surface area contributed by atoms with Crippen LogP contribution < -0.4 is 9.47 Å². The molecule has 136 valence electrons. The molecule has 1 fully saturated rings. The Hall–Kier alpha value is -2.62. The summed E-state index contributed by atoms with van der Waals surface area (Å²) in [5.41, 5.74) is 1.73. The number of hydrogen-bond donors (Lipinski definition) is 0. The first-order valence-electron chi connectivity index (χ1n) is 9.12. The summed E-state index contributed by atoms with van der Waals surface area (Å²) >= 11 is 0. The first-order chi connectivity index (χ1) is 12.5. The van der Waals surface area contributed by atoms with Crippen LogP contribution in [-0.2, 0) is 4.79 Å². The van der Waals surface area contributed by atoms with E-state index in [1.807, 2.05) is 12.1 Å². The Bertz CT molecular complexity index is 754. The van der Waals surface area contributed by atoms with Gasteiger partial charge in [-0.3, -0.25) is 4.79 Å². The standard InChI is InChI=1S/C22H24O4/c1-15-3-5-17(6-4-15)18-7-11-21(12-8-18)26-22(24)19-9-13-20(14-10-19)25-16(2)23/h7-15,17H,3-6H2,1-2H3. The monoisotopic (exact) mass is 352 g/mol. The summed E-state index contributed by atoms with van der Waals surface area (Å²) in [6, 6.07) is 14.2. The molecule has 0 radical (unpaired) electrons. The summed E-state index contributed by atoms with van der Waals surface area (Å²) in [6.45, 7) is 3.65. The zero-order valence-corrected chi connectivity index (χ0v) is 15.2. The third-order valence-corrected chi connectivity index (χ3v) is 4.93. The van der Waals surface area contributed by atoms with E-state index in [2.05, 4.69) is 19.1 Å². The van der Waals surface area contributed by atoms with E-state index in [9.17, 15) is 9.59 Å². The van der Waals surface area contributed by atoms with Gasteiger partial charge >= 0.3 is 11.9 Å². The van der Waals surface area contributed by atoms with Gasteiger partial charge in [0.2, 0.25) is 0 Å². The predicted octanol–water partition coefficient (Wildman–Crippen LogP) is 5.12. The molecule has 0 aromatic heterocycles. The minimum Gasteiger partial charge on any atom is -0.427 e. The van der Waals surface area contributed by atoms with Crippen LogP contribution in [0, 0.1) is 5.92 Å². The molecule has 2 aromatic carbocycles. The van der Waals surface area contributed by atoms with Crippen molar-refractivity contribution in [1.29, 1.82) is 0 Å². The quantitative estimate of drug-likeness (QED) is 0.566. The summed E-state index contributed by atoms with van der Waals surface area (Å²) in [4.78, 5) is 23.2. The van der Waals surface area contributed by atoms with Gasteiger partial charge in [-0.2, -0.15) is 0 Å². The molecule has 0 atom stereocenters. The summed E-state index contributed by atoms with van der Waals surface area (Å²) < 4.78 is 10.4. The molecule has 0 amide bonds. The second-order valence-corrected chi connectivity index (χ2v) is 7.03. The Morgan fingerprint density at radius 1 is 0.808 bits per heavy atom. The Morgan fingerprint density at radius 3 is 1.92 bits per heavy atom. The minimum absolute atomic E-state index is 0.396. The van der Waals surface area contributed by atoms with Crippen molar-refractivity contribution in [2.75, 3.05) is 0 Å². The molecule has 0 aliphatic heterocycles. The van der Waals surface area contributed by atoms with Crippen LogP contribution in [0.4, 0.5) is 0 Å². The van der Waals surface area contributed by atoms with Crippen molar-refractivity contribution in [2.45, 2.75) is 45.4 Å².